The molecule has 0 amide bonds. The van der Waals surface area contributed by atoms with Gasteiger partial charge >= 0.3 is 0 Å². The lowest BCUT2D eigenvalue weighted by Gasteiger charge is -2.28. The maximum Gasteiger partial charge on any atom is 0.266 e. The van der Waals surface area contributed by atoms with E-state index in [2.05, 4.69) is 37.8 Å². The van der Waals surface area contributed by atoms with Gasteiger partial charge in [-0.3, -0.25) is 9.36 Å². The molecule has 164 valence electrons. The van der Waals surface area contributed by atoms with Crippen LogP contribution in [0.4, 0.5) is 0 Å². The number of ether oxygens (including phenoxy) is 2. The number of rotatable bonds is 4. The zero-order chi connectivity index (χ0) is 22.6. The predicted octanol–water partition coefficient (Wildman–Crippen LogP) is 4.98. The van der Waals surface area contributed by atoms with Crippen LogP contribution >= 0.6 is 0 Å². The number of hydrogen-bond acceptors (Lipinski definition) is 4. The summed E-state index contributed by atoms with van der Waals surface area (Å²) in [5.41, 5.74) is 3.38. The molecule has 33 heavy (non-hydrogen) atoms. The Hall–Kier alpha value is -3.54. The second kappa shape index (κ2) is 7.24. The van der Waals surface area contributed by atoms with Crippen molar-refractivity contribution in [3.63, 3.8) is 0 Å². The van der Waals surface area contributed by atoms with Gasteiger partial charge in [0.1, 0.15) is 5.60 Å². The fraction of sp³-hybridized carbons (Fsp3) is 0.214. The first kappa shape index (κ1) is 20.1. The van der Waals surface area contributed by atoms with E-state index < -0.39 is 11.4 Å². The van der Waals surface area contributed by atoms with E-state index in [0.717, 1.165) is 29.7 Å². The van der Waals surface area contributed by atoms with E-state index in [-0.39, 0.29) is 12.2 Å². The summed E-state index contributed by atoms with van der Waals surface area (Å²) in [6.07, 6.45) is 3.92. The van der Waals surface area contributed by atoms with Crippen LogP contribution < -0.4 is 5.56 Å². The number of benzene rings is 3. The summed E-state index contributed by atoms with van der Waals surface area (Å²) in [5.74, 6) is -0.852. The van der Waals surface area contributed by atoms with Crippen LogP contribution in [0.5, 0.6) is 0 Å². The molecule has 5 nitrogen and oxygen atoms in total. The molecule has 6 rings (SSSR count). The first-order chi connectivity index (χ1) is 16.1. The molecular weight excluding hydrogens is 412 g/mol. The van der Waals surface area contributed by atoms with Gasteiger partial charge in [-0.05, 0) is 35.7 Å². The first-order valence-electron chi connectivity index (χ1n) is 11.3. The van der Waals surface area contributed by atoms with Crippen LogP contribution in [-0.2, 0) is 27.3 Å². The molecule has 2 aliphatic rings. The molecule has 1 fully saturated rings. The highest BCUT2D eigenvalue weighted by Crippen LogP contribution is 2.52. The fourth-order valence-corrected chi connectivity index (χ4v) is 5.01. The van der Waals surface area contributed by atoms with Crippen molar-refractivity contribution in [2.24, 2.45) is 0 Å². The fourth-order valence-electron chi connectivity index (χ4n) is 5.01. The van der Waals surface area contributed by atoms with Crippen molar-refractivity contribution in [1.82, 2.24) is 9.55 Å². The second-order valence-electron chi connectivity index (χ2n) is 8.66. The third-order valence-electron chi connectivity index (χ3n) is 6.70. The van der Waals surface area contributed by atoms with E-state index in [4.69, 9.17) is 14.5 Å². The normalized spacial score (nSPS) is 23.1. The smallest absolute Gasteiger partial charge is 0.266 e. The van der Waals surface area contributed by atoms with Crippen LogP contribution in [0, 0.1) is 0 Å². The molecule has 0 bridgehead atoms. The Morgan fingerprint density at radius 1 is 1.06 bits per heavy atom. The summed E-state index contributed by atoms with van der Waals surface area (Å²) in [6.45, 7) is 6.53. The van der Waals surface area contributed by atoms with Crippen molar-refractivity contribution < 1.29 is 9.47 Å². The minimum Gasteiger partial charge on any atom is -0.336 e. The Morgan fingerprint density at radius 3 is 2.61 bits per heavy atom. The zero-order valence-electron chi connectivity index (χ0n) is 18.5. The van der Waals surface area contributed by atoms with E-state index in [1.165, 1.54) is 5.56 Å². The summed E-state index contributed by atoms with van der Waals surface area (Å²) in [5, 5.41) is 0.563. The quantitative estimate of drug-likeness (QED) is 0.424. The van der Waals surface area contributed by atoms with Crippen LogP contribution in [-0.4, -0.2) is 16.2 Å². The lowest BCUT2D eigenvalue weighted by atomic mass is 9.93. The Kier molecular flexibility index (Phi) is 4.41. The van der Waals surface area contributed by atoms with Gasteiger partial charge in [-0.1, -0.05) is 80.6 Å². The number of aryl methyl sites for hydroxylation is 1. The number of hydrogen-bond donors (Lipinski definition) is 0. The minimum absolute atomic E-state index is 0.132. The topological polar surface area (TPSA) is 53.4 Å². The molecule has 3 heterocycles. The average Bonchev–Trinajstić information content (AvgIpc) is 3.38. The number of nitrogens with zero attached hydrogens (tertiary/aromatic N) is 2. The van der Waals surface area contributed by atoms with Gasteiger partial charge < -0.3 is 9.47 Å². The summed E-state index contributed by atoms with van der Waals surface area (Å²) < 4.78 is 14.9. The van der Waals surface area contributed by atoms with Gasteiger partial charge in [0.25, 0.3) is 11.3 Å². The molecule has 2 atom stereocenters. The van der Waals surface area contributed by atoms with E-state index in [9.17, 15) is 4.79 Å². The zero-order valence-corrected chi connectivity index (χ0v) is 18.5. The van der Waals surface area contributed by atoms with Gasteiger partial charge in [-0.15, -0.1) is 0 Å². The summed E-state index contributed by atoms with van der Waals surface area (Å²) in [7, 11) is 0. The summed E-state index contributed by atoms with van der Waals surface area (Å²) in [4.78, 5) is 18.4. The number of para-hydroxylation sites is 2. The average molecular weight is 437 g/mol. The van der Waals surface area contributed by atoms with Crippen molar-refractivity contribution >= 4 is 10.9 Å². The lowest BCUT2D eigenvalue weighted by molar-refractivity contribution is -0.159. The molecule has 5 heteroatoms. The molecule has 1 saturated heterocycles. The molecule has 1 spiro atoms. The maximum absolute atomic E-state index is 13.5. The van der Waals surface area contributed by atoms with Gasteiger partial charge in [0.05, 0.1) is 23.2 Å². The Morgan fingerprint density at radius 2 is 1.82 bits per heavy atom. The number of aromatic nitrogens is 2. The van der Waals surface area contributed by atoms with Crippen molar-refractivity contribution in [1.29, 1.82) is 0 Å². The maximum atomic E-state index is 13.5. The second-order valence-corrected chi connectivity index (χ2v) is 8.66. The van der Waals surface area contributed by atoms with Crippen LogP contribution in [0.25, 0.3) is 16.6 Å². The van der Waals surface area contributed by atoms with Gasteiger partial charge in [0.2, 0.25) is 0 Å². The van der Waals surface area contributed by atoms with Crippen LogP contribution in [0.15, 0.2) is 90.2 Å². The highest BCUT2D eigenvalue weighted by Gasteiger charge is 2.58. The van der Waals surface area contributed by atoms with Gasteiger partial charge in [-0.25, -0.2) is 4.98 Å². The molecule has 1 aromatic heterocycles. The highest BCUT2D eigenvalue weighted by molar-refractivity contribution is 5.78. The minimum atomic E-state index is -1.30. The Balaban J connectivity index is 1.55. The molecule has 0 N–H and O–H groups in total. The van der Waals surface area contributed by atoms with Gasteiger partial charge in [0.15, 0.2) is 5.82 Å². The highest BCUT2D eigenvalue weighted by atomic mass is 16.8. The van der Waals surface area contributed by atoms with Crippen molar-refractivity contribution in [2.75, 3.05) is 6.61 Å². The molecule has 2 aliphatic heterocycles. The number of fused-ring (bicyclic) bond motifs is 6. The molecule has 0 saturated carbocycles. The van der Waals surface area contributed by atoms with E-state index >= 15 is 0 Å². The SMILES string of the molecule is C=CC1(c2ccc(CCC)cc2)COC2(O1)c1ccccc1-n1c2nc2ccccc2c1=O. The monoisotopic (exact) mass is 436 g/mol. The van der Waals surface area contributed by atoms with E-state index in [0.29, 0.717) is 16.7 Å². The van der Waals surface area contributed by atoms with Gasteiger partial charge in [0, 0.05) is 5.56 Å². The Bertz CT molecular complexity index is 1460. The first-order valence-corrected chi connectivity index (χ1v) is 11.3. The van der Waals surface area contributed by atoms with E-state index in [1.807, 2.05) is 42.5 Å². The third kappa shape index (κ3) is 2.73. The van der Waals surface area contributed by atoms with Crippen molar-refractivity contribution in [3.8, 4) is 5.69 Å². The molecule has 3 aromatic carbocycles. The molecule has 0 radical (unpaired) electrons. The van der Waals surface area contributed by atoms with Crippen molar-refractivity contribution in [3.05, 3.63) is 118 Å². The van der Waals surface area contributed by atoms with Crippen LogP contribution in [0.3, 0.4) is 0 Å². The van der Waals surface area contributed by atoms with Gasteiger partial charge in [-0.2, -0.15) is 0 Å². The molecule has 2 unspecified atom stereocenters. The molecule has 0 aliphatic carbocycles. The third-order valence-corrected chi connectivity index (χ3v) is 6.70. The largest absolute Gasteiger partial charge is 0.336 e. The van der Waals surface area contributed by atoms with Crippen LogP contribution in [0.2, 0.25) is 0 Å². The van der Waals surface area contributed by atoms with Crippen molar-refractivity contribution in [2.45, 2.75) is 31.2 Å². The summed E-state index contributed by atoms with van der Waals surface area (Å²) in [6, 6.07) is 23.5. The molecular formula is C28H24N2O3. The lowest BCUT2D eigenvalue weighted by Crippen LogP contribution is -2.34. The standard InChI is InChI=1S/C28H24N2O3/c1-3-9-19-14-16-20(17-15-19)27(4-2)18-32-28(33-27)22-11-6-8-13-24(22)30-25(31)21-10-5-7-12-23(21)29-26(28)30/h4-8,10-17H,2-3,9,18H2,1H3. The summed E-state index contributed by atoms with van der Waals surface area (Å²) >= 11 is 0. The van der Waals surface area contributed by atoms with Crippen LogP contribution in [0.1, 0.15) is 35.9 Å². The molecule has 4 aromatic rings. The van der Waals surface area contributed by atoms with E-state index in [1.54, 1.807) is 16.7 Å². The Labute approximate surface area is 191 Å². The predicted molar refractivity (Wildman–Crippen MR) is 127 cm³/mol.